The minimum absolute atomic E-state index is 0.0759. The lowest BCUT2D eigenvalue weighted by Gasteiger charge is -2.24. The Bertz CT molecular complexity index is 316. The molecule has 1 aliphatic rings. The summed E-state index contributed by atoms with van der Waals surface area (Å²) in [6.45, 7) is 3.97. The van der Waals surface area contributed by atoms with E-state index in [9.17, 15) is 4.39 Å². The molecule has 1 saturated heterocycles. The number of rotatable bonds is 1. The highest BCUT2D eigenvalue weighted by atomic mass is 19.1. The fourth-order valence-electron chi connectivity index (χ4n) is 2.18. The molecule has 2 heteroatoms. The van der Waals surface area contributed by atoms with Crippen LogP contribution < -0.4 is 5.32 Å². The molecule has 1 atom stereocenters. The zero-order chi connectivity index (χ0) is 9.97. The molecule has 0 unspecified atom stereocenters. The fourth-order valence-corrected chi connectivity index (χ4v) is 2.18. The van der Waals surface area contributed by atoms with Gasteiger partial charge in [-0.25, -0.2) is 4.39 Å². The Kier molecular flexibility index (Phi) is 2.82. The van der Waals surface area contributed by atoms with E-state index in [0.717, 1.165) is 18.7 Å². The first-order chi connectivity index (χ1) is 6.79. The monoisotopic (exact) mass is 193 g/mol. The fraction of sp³-hybridized carbons (Fsp3) is 0.500. The van der Waals surface area contributed by atoms with Gasteiger partial charge in [0.15, 0.2) is 0 Å². The molecule has 1 fully saturated rings. The van der Waals surface area contributed by atoms with E-state index < -0.39 is 0 Å². The van der Waals surface area contributed by atoms with Crippen LogP contribution in [0.1, 0.15) is 29.9 Å². The molecule has 0 bridgehead atoms. The first kappa shape index (κ1) is 9.66. The van der Waals surface area contributed by atoms with Crippen LogP contribution in [0.5, 0.6) is 0 Å². The third kappa shape index (κ3) is 1.80. The van der Waals surface area contributed by atoms with Gasteiger partial charge in [0.05, 0.1) is 0 Å². The third-order valence-corrected chi connectivity index (χ3v) is 3.05. The molecule has 1 heterocycles. The minimum Gasteiger partial charge on any atom is -0.316 e. The number of nitrogens with one attached hydrogen (secondary N) is 1. The van der Waals surface area contributed by atoms with Crippen LogP contribution in [0.3, 0.4) is 0 Å². The molecule has 0 radical (unpaired) electrons. The van der Waals surface area contributed by atoms with E-state index in [1.807, 2.05) is 13.0 Å². The average molecular weight is 193 g/mol. The van der Waals surface area contributed by atoms with Crippen molar-refractivity contribution in [3.63, 3.8) is 0 Å². The molecule has 1 aromatic rings. The van der Waals surface area contributed by atoms with Gasteiger partial charge in [0, 0.05) is 6.54 Å². The van der Waals surface area contributed by atoms with Crippen molar-refractivity contribution in [1.82, 2.24) is 5.32 Å². The van der Waals surface area contributed by atoms with Gasteiger partial charge in [0.1, 0.15) is 5.82 Å². The molecule has 76 valence electrons. The van der Waals surface area contributed by atoms with Gasteiger partial charge in [-0.05, 0) is 49.4 Å². The summed E-state index contributed by atoms with van der Waals surface area (Å²) in [7, 11) is 0. The lowest BCUT2D eigenvalue weighted by molar-refractivity contribution is 0.458. The van der Waals surface area contributed by atoms with Crippen LogP contribution in [-0.4, -0.2) is 13.1 Å². The van der Waals surface area contributed by atoms with Gasteiger partial charge in [-0.3, -0.25) is 0 Å². The Balaban J connectivity index is 2.26. The molecular formula is C12H16FN. The maximum Gasteiger partial charge on any atom is 0.126 e. The number of benzene rings is 1. The normalized spacial score (nSPS) is 22.3. The first-order valence-corrected chi connectivity index (χ1v) is 5.25. The molecule has 0 spiro atoms. The van der Waals surface area contributed by atoms with Gasteiger partial charge < -0.3 is 5.32 Å². The quantitative estimate of drug-likeness (QED) is 0.723. The van der Waals surface area contributed by atoms with E-state index in [2.05, 4.69) is 11.4 Å². The zero-order valence-corrected chi connectivity index (χ0v) is 8.52. The largest absolute Gasteiger partial charge is 0.316 e. The molecular weight excluding hydrogens is 177 g/mol. The smallest absolute Gasteiger partial charge is 0.126 e. The Morgan fingerprint density at radius 3 is 3.00 bits per heavy atom. The Morgan fingerprint density at radius 1 is 1.43 bits per heavy atom. The number of piperidine rings is 1. The summed E-state index contributed by atoms with van der Waals surface area (Å²) in [5, 5.41) is 3.36. The molecule has 14 heavy (non-hydrogen) atoms. The highest BCUT2D eigenvalue weighted by Crippen LogP contribution is 2.26. The predicted octanol–water partition coefficient (Wildman–Crippen LogP) is 2.60. The van der Waals surface area contributed by atoms with Crippen LogP contribution in [0.15, 0.2) is 18.2 Å². The predicted molar refractivity (Wildman–Crippen MR) is 56.0 cm³/mol. The molecule has 0 aromatic heterocycles. The summed E-state index contributed by atoms with van der Waals surface area (Å²) in [5.41, 5.74) is 2.00. The second-order valence-corrected chi connectivity index (χ2v) is 4.00. The second-order valence-electron chi connectivity index (χ2n) is 4.00. The summed E-state index contributed by atoms with van der Waals surface area (Å²) in [6, 6.07) is 5.40. The van der Waals surface area contributed by atoms with Crippen molar-refractivity contribution in [2.75, 3.05) is 13.1 Å². The third-order valence-electron chi connectivity index (χ3n) is 3.05. The highest BCUT2D eigenvalue weighted by molar-refractivity contribution is 5.31. The maximum atomic E-state index is 13.3. The van der Waals surface area contributed by atoms with Crippen LogP contribution in [0, 0.1) is 12.7 Å². The van der Waals surface area contributed by atoms with Crippen LogP contribution in [0.4, 0.5) is 4.39 Å². The standard InChI is InChI=1S/C12H16FN/c1-9-11(5-2-6-12(9)13)10-4-3-7-14-8-10/h2,5-6,10,14H,3-4,7-8H2,1H3/t10-/m0/s1. The van der Waals surface area contributed by atoms with Gasteiger partial charge in [-0.15, -0.1) is 0 Å². The molecule has 0 amide bonds. The summed E-state index contributed by atoms with van der Waals surface area (Å²) in [6.07, 6.45) is 2.37. The van der Waals surface area contributed by atoms with Crippen LogP contribution in [0.25, 0.3) is 0 Å². The van der Waals surface area contributed by atoms with Gasteiger partial charge in [0.2, 0.25) is 0 Å². The average Bonchev–Trinajstić information content (AvgIpc) is 2.23. The number of halogens is 1. The maximum absolute atomic E-state index is 13.3. The van der Waals surface area contributed by atoms with Gasteiger partial charge >= 0.3 is 0 Å². The van der Waals surface area contributed by atoms with E-state index >= 15 is 0 Å². The molecule has 1 aromatic carbocycles. The van der Waals surface area contributed by atoms with Gasteiger partial charge in [0.25, 0.3) is 0 Å². The topological polar surface area (TPSA) is 12.0 Å². The van der Waals surface area contributed by atoms with Crippen molar-refractivity contribution >= 4 is 0 Å². The van der Waals surface area contributed by atoms with Crippen molar-refractivity contribution in [2.24, 2.45) is 0 Å². The van der Waals surface area contributed by atoms with Crippen LogP contribution in [-0.2, 0) is 0 Å². The molecule has 1 nitrogen and oxygen atoms in total. The summed E-state index contributed by atoms with van der Waals surface area (Å²) in [4.78, 5) is 0. The summed E-state index contributed by atoms with van der Waals surface area (Å²) in [5.74, 6) is 0.424. The van der Waals surface area contributed by atoms with E-state index in [1.165, 1.54) is 24.5 Å². The summed E-state index contributed by atoms with van der Waals surface area (Å²) < 4.78 is 13.3. The lowest BCUT2D eigenvalue weighted by atomic mass is 9.89. The number of hydrogen-bond donors (Lipinski definition) is 1. The zero-order valence-electron chi connectivity index (χ0n) is 8.52. The van der Waals surface area contributed by atoms with Gasteiger partial charge in [-0.2, -0.15) is 0 Å². The van der Waals surface area contributed by atoms with Crippen molar-refractivity contribution in [1.29, 1.82) is 0 Å². The highest BCUT2D eigenvalue weighted by Gasteiger charge is 2.17. The summed E-state index contributed by atoms with van der Waals surface area (Å²) >= 11 is 0. The Morgan fingerprint density at radius 2 is 2.29 bits per heavy atom. The minimum atomic E-state index is -0.0759. The SMILES string of the molecule is Cc1c(F)cccc1[C@H]1CCCNC1. The molecule has 0 saturated carbocycles. The van der Waals surface area contributed by atoms with E-state index in [4.69, 9.17) is 0 Å². The lowest BCUT2D eigenvalue weighted by Crippen LogP contribution is -2.28. The van der Waals surface area contributed by atoms with E-state index in [0.29, 0.717) is 5.92 Å². The molecule has 0 aliphatic carbocycles. The van der Waals surface area contributed by atoms with Crippen LogP contribution >= 0.6 is 0 Å². The molecule has 1 N–H and O–H groups in total. The van der Waals surface area contributed by atoms with Crippen molar-refractivity contribution in [3.8, 4) is 0 Å². The van der Waals surface area contributed by atoms with Crippen molar-refractivity contribution in [2.45, 2.75) is 25.7 Å². The molecule has 1 aliphatic heterocycles. The van der Waals surface area contributed by atoms with Crippen molar-refractivity contribution < 1.29 is 4.39 Å². The van der Waals surface area contributed by atoms with Crippen molar-refractivity contribution in [3.05, 3.63) is 35.1 Å². The second kappa shape index (κ2) is 4.09. The van der Waals surface area contributed by atoms with E-state index in [1.54, 1.807) is 0 Å². The van der Waals surface area contributed by atoms with Gasteiger partial charge in [-0.1, -0.05) is 12.1 Å². The first-order valence-electron chi connectivity index (χ1n) is 5.25. The molecule has 2 rings (SSSR count). The van der Waals surface area contributed by atoms with Crippen LogP contribution in [0.2, 0.25) is 0 Å². The van der Waals surface area contributed by atoms with E-state index in [-0.39, 0.29) is 5.82 Å². The number of hydrogen-bond acceptors (Lipinski definition) is 1. The Labute approximate surface area is 84.3 Å². The Hall–Kier alpha value is -0.890.